The van der Waals surface area contributed by atoms with Gasteiger partial charge in [-0.1, -0.05) is 23.2 Å². The number of aromatic amines is 1. The van der Waals surface area contributed by atoms with E-state index in [9.17, 15) is 4.79 Å². The molecule has 0 aliphatic carbocycles. The summed E-state index contributed by atoms with van der Waals surface area (Å²) in [7, 11) is 0. The van der Waals surface area contributed by atoms with Crippen LogP contribution in [0.3, 0.4) is 0 Å². The summed E-state index contributed by atoms with van der Waals surface area (Å²) in [5.74, 6) is 1.37. The fraction of sp³-hybridized carbons (Fsp3) is 0.217. The third-order valence-corrected chi connectivity index (χ3v) is 6.51. The van der Waals surface area contributed by atoms with Gasteiger partial charge in [0.2, 0.25) is 0 Å². The van der Waals surface area contributed by atoms with E-state index in [0.29, 0.717) is 47.5 Å². The Morgan fingerprint density at radius 1 is 1.06 bits per heavy atom. The smallest absolute Gasteiger partial charge is 0.314 e. The zero-order valence-corrected chi connectivity index (χ0v) is 20.0. The number of piperazine rings is 1. The summed E-state index contributed by atoms with van der Waals surface area (Å²) >= 11 is 12.4. The van der Waals surface area contributed by atoms with Crippen molar-refractivity contribution in [3.63, 3.8) is 0 Å². The van der Waals surface area contributed by atoms with Gasteiger partial charge in [-0.15, -0.1) is 0 Å². The zero-order chi connectivity index (χ0) is 24.5. The highest BCUT2D eigenvalue weighted by molar-refractivity contribution is 6.35. The molecular weight excluding hydrogens is 491 g/mol. The third-order valence-electron chi connectivity index (χ3n) is 5.91. The SMILES string of the molecule is NC(=O)N1CCN(c2ccc(-c3n[nH]c4ccc(O[C@H](N)c5c(Cl)cncc5Cl)cc34)cn2)CC1. The lowest BCUT2D eigenvalue weighted by Gasteiger charge is -2.34. The van der Waals surface area contributed by atoms with E-state index < -0.39 is 12.3 Å². The number of urea groups is 1. The average Bonchev–Trinajstić information content (AvgIpc) is 3.27. The summed E-state index contributed by atoms with van der Waals surface area (Å²) in [4.78, 5) is 23.6. The fourth-order valence-corrected chi connectivity index (χ4v) is 4.63. The Bertz CT molecular complexity index is 1350. The molecule has 0 bridgehead atoms. The van der Waals surface area contributed by atoms with Gasteiger partial charge in [-0.05, 0) is 30.3 Å². The van der Waals surface area contributed by atoms with E-state index in [1.165, 1.54) is 12.4 Å². The maximum atomic E-state index is 11.3. The van der Waals surface area contributed by atoms with Gasteiger partial charge in [0.25, 0.3) is 0 Å². The monoisotopic (exact) mass is 512 g/mol. The number of hydrogen-bond acceptors (Lipinski definition) is 7. The standard InChI is InChI=1S/C23H22Cl2N8O2/c24-16-11-28-12-17(25)20(16)22(26)35-14-2-3-18-15(9-14)21(31-30-18)13-1-4-19(29-10-13)32-5-7-33(8-6-32)23(27)34/h1-4,9-12,22H,5-8,26H2,(H2,27,34)(H,30,31)/t22-/m0/s1. The second-order valence-electron chi connectivity index (χ2n) is 8.05. The summed E-state index contributed by atoms with van der Waals surface area (Å²) < 4.78 is 5.93. The number of anilines is 1. The van der Waals surface area contributed by atoms with Gasteiger partial charge < -0.3 is 20.3 Å². The number of hydrogen-bond donors (Lipinski definition) is 3. The van der Waals surface area contributed by atoms with Crippen molar-refractivity contribution < 1.29 is 9.53 Å². The molecule has 1 aromatic carbocycles. The third kappa shape index (κ3) is 4.68. The molecule has 4 aromatic rings. The minimum atomic E-state index is -0.873. The van der Waals surface area contributed by atoms with Crippen molar-refractivity contribution in [2.45, 2.75) is 6.23 Å². The Balaban J connectivity index is 1.36. The maximum Gasteiger partial charge on any atom is 0.314 e. The van der Waals surface area contributed by atoms with Crippen molar-refractivity contribution in [2.75, 3.05) is 31.1 Å². The summed E-state index contributed by atoms with van der Waals surface area (Å²) in [6.45, 7) is 2.49. The number of H-pyrrole nitrogens is 1. The molecule has 12 heteroatoms. The molecule has 1 aliphatic heterocycles. The number of carbonyl (C=O) groups is 1. The highest BCUT2D eigenvalue weighted by Crippen LogP contribution is 2.33. The van der Waals surface area contributed by atoms with Crippen molar-refractivity contribution in [1.82, 2.24) is 25.1 Å². The van der Waals surface area contributed by atoms with Crippen LogP contribution in [0.5, 0.6) is 5.75 Å². The molecule has 2 amide bonds. The molecule has 0 unspecified atom stereocenters. The Kier molecular flexibility index (Phi) is 6.33. The quantitative estimate of drug-likeness (QED) is 0.347. The molecule has 1 aliphatic rings. The van der Waals surface area contributed by atoms with E-state index in [4.69, 9.17) is 39.4 Å². The number of fused-ring (bicyclic) bond motifs is 1. The molecule has 3 aromatic heterocycles. The molecule has 0 spiro atoms. The van der Waals surface area contributed by atoms with Crippen LogP contribution < -0.4 is 21.1 Å². The number of benzene rings is 1. The van der Waals surface area contributed by atoms with E-state index in [-0.39, 0.29) is 0 Å². The van der Waals surface area contributed by atoms with Gasteiger partial charge in [0, 0.05) is 61.3 Å². The minimum absolute atomic E-state index is 0.331. The first-order chi connectivity index (χ1) is 16.9. The van der Waals surface area contributed by atoms with Crippen molar-refractivity contribution in [3.05, 3.63) is 64.5 Å². The molecular formula is C23H22Cl2N8O2. The van der Waals surface area contributed by atoms with Gasteiger partial charge in [0.1, 0.15) is 17.3 Å². The molecule has 10 nitrogen and oxygen atoms in total. The van der Waals surface area contributed by atoms with Gasteiger partial charge in [0.15, 0.2) is 6.23 Å². The number of primary amides is 1. The summed E-state index contributed by atoms with van der Waals surface area (Å²) in [5.41, 5.74) is 14.5. The molecule has 180 valence electrons. The normalized spacial score (nSPS) is 14.8. The molecule has 5 rings (SSSR count). The molecule has 0 radical (unpaired) electrons. The van der Waals surface area contributed by atoms with Crippen LogP contribution in [0.15, 0.2) is 48.9 Å². The Morgan fingerprint density at radius 3 is 2.46 bits per heavy atom. The van der Waals surface area contributed by atoms with E-state index in [1.807, 2.05) is 24.3 Å². The van der Waals surface area contributed by atoms with E-state index in [0.717, 1.165) is 28.0 Å². The lowest BCUT2D eigenvalue weighted by atomic mass is 10.1. The summed E-state index contributed by atoms with van der Waals surface area (Å²) in [6.07, 6.45) is 3.85. The van der Waals surface area contributed by atoms with Gasteiger partial charge in [-0.2, -0.15) is 5.10 Å². The molecule has 4 heterocycles. The van der Waals surface area contributed by atoms with Crippen molar-refractivity contribution in [3.8, 4) is 17.0 Å². The number of nitrogens with one attached hydrogen (secondary N) is 1. The molecule has 1 atom stereocenters. The number of aromatic nitrogens is 4. The van der Waals surface area contributed by atoms with Gasteiger partial charge in [-0.3, -0.25) is 15.8 Å². The minimum Gasteiger partial charge on any atom is -0.471 e. The molecule has 1 fully saturated rings. The summed E-state index contributed by atoms with van der Waals surface area (Å²) in [5, 5.41) is 9.02. The van der Waals surface area contributed by atoms with Crippen LogP contribution in [0, 0.1) is 0 Å². The molecule has 0 saturated carbocycles. The number of pyridine rings is 2. The number of halogens is 2. The van der Waals surface area contributed by atoms with Gasteiger partial charge >= 0.3 is 6.03 Å². The lowest BCUT2D eigenvalue weighted by Crippen LogP contribution is -2.50. The highest BCUT2D eigenvalue weighted by atomic mass is 35.5. The molecule has 1 saturated heterocycles. The topological polar surface area (TPSA) is 139 Å². The number of amides is 2. The molecule has 35 heavy (non-hydrogen) atoms. The van der Waals surface area contributed by atoms with Crippen molar-refractivity contribution >= 4 is 46.0 Å². The predicted molar refractivity (Wildman–Crippen MR) is 135 cm³/mol. The number of ether oxygens (including phenoxy) is 1. The number of rotatable bonds is 5. The first-order valence-electron chi connectivity index (χ1n) is 10.9. The van der Waals surface area contributed by atoms with Gasteiger partial charge in [0.05, 0.1) is 15.6 Å². The van der Waals surface area contributed by atoms with E-state index in [1.54, 1.807) is 17.2 Å². The Morgan fingerprint density at radius 2 is 1.80 bits per heavy atom. The Hall–Kier alpha value is -3.60. The predicted octanol–water partition coefficient (Wildman–Crippen LogP) is 3.56. The first-order valence-corrected chi connectivity index (χ1v) is 11.6. The van der Waals surface area contributed by atoms with Crippen LogP contribution in [0.25, 0.3) is 22.2 Å². The lowest BCUT2D eigenvalue weighted by molar-refractivity contribution is 0.204. The van der Waals surface area contributed by atoms with Crippen LogP contribution in [0.1, 0.15) is 11.8 Å². The second kappa shape index (κ2) is 9.57. The summed E-state index contributed by atoms with van der Waals surface area (Å²) in [6, 6.07) is 9.03. The number of carbonyl (C=O) groups excluding carboxylic acids is 1. The van der Waals surface area contributed by atoms with Crippen LogP contribution >= 0.6 is 23.2 Å². The first kappa shape index (κ1) is 23.2. The number of nitrogens with two attached hydrogens (primary N) is 2. The largest absolute Gasteiger partial charge is 0.471 e. The van der Waals surface area contributed by atoms with Crippen LogP contribution in [-0.4, -0.2) is 57.3 Å². The van der Waals surface area contributed by atoms with Crippen molar-refractivity contribution in [2.24, 2.45) is 11.5 Å². The zero-order valence-electron chi connectivity index (χ0n) is 18.5. The van der Waals surface area contributed by atoms with E-state index in [2.05, 4.69) is 25.1 Å². The van der Waals surface area contributed by atoms with Crippen molar-refractivity contribution in [1.29, 1.82) is 0 Å². The van der Waals surface area contributed by atoms with Crippen LogP contribution in [0.2, 0.25) is 10.0 Å². The highest BCUT2D eigenvalue weighted by Gasteiger charge is 2.21. The Labute approximate surface area is 210 Å². The molecule has 5 N–H and O–H groups in total. The van der Waals surface area contributed by atoms with Crippen LogP contribution in [0.4, 0.5) is 10.6 Å². The van der Waals surface area contributed by atoms with Gasteiger partial charge in [-0.25, -0.2) is 9.78 Å². The fourth-order valence-electron chi connectivity index (χ4n) is 4.05. The van der Waals surface area contributed by atoms with E-state index >= 15 is 0 Å². The second-order valence-corrected chi connectivity index (χ2v) is 8.87. The number of nitrogens with zero attached hydrogens (tertiary/aromatic N) is 5. The van der Waals surface area contributed by atoms with Crippen LogP contribution in [-0.2, 0) is 0 Å². The maximum absolute atomic E-state index is 11.3. The average molecular weight is 513 g/mol.